The molecule has 0 aliphatic carbocycles. The summed E-state index contributed by atoms with van der Waals surface area (Å²) in [6.45, 7) is 2.21. The lowest BCUT2D eigenvalue weighted by molar-refractivity contribution is 0.460. The first-order chi connectivity index (χ1) is 9.16. The minimum atomic E-state index is -0.369. The highest BCUT2D eigenvalue weighted by atomic mass is 35.5. The lowest BCUT2D eigenvalue weighted by Crippen LogP contribution is -2.37. The van der Waals surface area contributed by atoms with Gasteiger partial charge < -0.3 is 10.3 Å². The minimum absolute atomic E-state index is 0.309. The molecule has 0 saturated carbocycles. The van der Waals surface area contributed by atoms with Gasteiger partial charge in [0.25, 0.3) is 5.56 Å². The van der Waals surface area contributed by atoms with Crippen molar-refractivity contribution in [1.29, 1.82) is 0 Å². The van der Waals surface area contributed by atoms with Gasteiger partial charge in [-0.25, -0.2) is 4.79 Å². The molecule has 1 aromatic heterocycles. The van der Waals surface area contributed by atoms with Crippen LogP contribution in [0.2, 0.25) is 5.02 Å². The Morgan fingerprint density at radius 2 is 2.21 bits per heavy atom. The van der Waals surface area contributed by atoms with Crippen molar-refractivity contribution in [2.24, 2.45) is 5.92 Å². The van der Waals surface area contributed by atoms with E-state index in [9.17, 15) is 9.59 Å². The van der Waals surface area contributed by atoms with Gasteiger partial charge in [0.2, 0.25) is 0 Å². The lowest BCUT2D eigenvalue weighted by atomic mass is 10.1. The van der Waals surface area contributed by atoms with Crippen molar-refractivity contribution >= 4 is 22.5 Å². The Kier molecular flexibility index (Phi) is 3.16. The second-order valence-corrected chi connectivity index (χ2v) is 5.27. The van der Waals surface area contributed by atoms with E-state index in [1.807, 2.05) is 0 Å². The molecule has 1 aliphatic heterocycles. The normalized spacial score (nSPS) is 19.1. The third kappa shape index (κ3) is 2.19. The van der Waals surface area contributed by atoms with Crippen LogP contribution in [-0.2, 0) is 6.54 Å². The number of aromatic amines is 1. The maximum Gasteiger partial charge on any atom is 0.328 e. The first kappa shape index (κ1) is 12.4. The maximum atomic E-state index is 12.4. The molecule has 1 saturated heterocycles. The third-order valence-corrected chi connectivity index (χ3v) is 3.88. The van der Waals surface area contributed by atoms with E-state index in [4.69, 9.17) is 11.6 Å². The molecule has 1 aromatic carbocycles. The van der Waals surface area contributed by atoms with Gasteiger partial charge in [-0.05, 0) is 37.6 Å². The number of nitrogens with zero attached hydrogens (tertiary/aromatic N) is 1. The number of benzene rings is 1. The predicted molar refractivity (Wildman–Crippen MR) is 74.8 cm³/mol. The van der Waals surface area contributed by atoms with Crippen LogP contribution in [0.25, 0.3) is 10.9 Å². The molecule has 2 heterocycles. The Bertz CT molecular complexity index is 729. The van der Waals surface area contributed by atoms with Crippen LogP contribution in [0.1, 0.15) is 6.42 Å². The quantitative estimate of drug-likeness (QED) is 0.860. The van der Waals surface area contributed by atoms with Crippen molar-refractivity contribution in [2.45, 2.75) is 13.0 Å². The van der Waals surface area contributed by atoms with Crippen LogP contribution in [-0.4, -0.2) is 22.6 Å². The molecular weight excluding hydrogens is 266 g/mol. The van der Waals surface area contributed by atoms with Crippen LogP contribution in [0.15, 0.2) is 27.8 Å². The Morgan fingerprint density at radius 1 is 1.37 bits per heavy atom. The van der Waals surface area contributed by atoms with Gasteiger partial charge in [0, 0.05) is 6.54 Å². The van der Waals surface area contributed by atoms with E-state index in [0.29, 0.717) is 28.4 Å². The summed E-state index contributed by atoms with van der Waals surface area (Å²) in [5, 5.41) is 3.98. The van der Waals surface area contributed by atoms with E-state index < -0.39 is 0 Å². The molecule has 2 aromatic rings. The van der Waals surface area contributed by atoms with Gasteiger partial charge in [0.1, 0.15) is 0 Å². The first-order valence-electron chi connectivity index (χ1n) is 6.29. The molecule has 1 aliphatic rings. The fraction of sp³-hybridized carbons (Fsp3) is 0.385. The second kappa shape index (κ2) is 4.83. The first-order valence-corrected chi connectivity index (χ1v) is 6.66. The van der Waals surface area contributed by atoms with Crippen LogP contribution in [0, 0.1) is 5.92 Å². The molecule has 100 valence electrons. The van der Waals surface area contributed by atoms with Crippen LogP contribution in [0.4, 0.5) is 0 Å². The minimum Gasteiger partial charge on any atom is -0.316 e. The highest BCUT2D eigenvalue weighted by Gasteiger charge is 2.18. The zero-order valence-electron chi connectivity index (χ0n) is 10.3. The molecule has 0 spiro atoms. The van der Waals surface area contributed by atoms with Crippen LogP contribution in [0.5, 0.6) is 0 Å². The van der Waals surface area contributed by atoms with E-state index >= 15 is 0 Å². The summed E-state index contributed by atoms with van der Waals surface area (Å²) < 4.78 is 1.26. The highest BCUT2D eigenvalue weighted by molar-refractivity contribution is 6.35. The van der Waals surface area contributed by atoms with Crippen molar-refractivity contribution in [3.05, 3.63) is 44.1 Å². The van der Waals surface area contributed by atoms with Gasteiger partial charge in [-0.15, -0.1) is 0 Å². The van der Waals surface area contributed by atoms with Crippen molar-refractivity contribution in [3.8, 4) is 0 Å². The van der Waals surface area contributed by atoms with Gasteiger partial charge in [-0.2, -0.15) is 0 Å². The fourth-order valence-corrected chi connectivity index (χ4v) is 2.81. The number of aromatic nitrogens is 2. The number of hydrogen-bond acceptors (Lipinski definition) is 3. The van der Waals surface area contributed by atoms with Gasteiger partial charge in [-0.1, -0.05) is 17.7 Å². The summed E-state index contributed by atoms with van der Waals surface area (Å²) in [4.78, 5) is 27.1. The standard InChI is InChI=1S/C13H14ClN3O2/c14-9-2-1-3-10-11(9)12(18)17(13(19)16-10)7-8-4-5-15-6-8/h1-3,8,15H,4-7H2,(H,16,19). The average Bonchev–Trinajstić information content (AvgIpc) is 2.87. The van der Waals surface area contributed by atoms with Crippen molar-refractivity contribution in [1.82, 2.24) is 14.9 Å². The molecule has 0 bridgehead atoms. The summed E-state index contributed by atoms with van der Waals surface area (Å²) in [7, 11) is 0. The molecule has 1 unspecified atom stereocenters. The third-order valence-electron chi connectivity index (χ3n) is 3.56. The molecule has 5 nitrogen and oxygen atoms in total. The molecule has 6 heteroatoms. The number of halogens is 1. The van der Waals surface area contributed by atoms with Crippen molar-refractivity contribution in [2.75, 3.05) is 13.1 Å². The molecule has 1 fully saturated rings. The summed E-state index contributed by atoms with van der Waals surface area (Å²) >= 11 is 6.06. The Labute approximate surface area is 114 Å². The van der Waals surface area contributed by atoms with Gasteiger partial charge in [0.05, 0.1) is 15.9 Å². The predicted octanol–water partition coefficient (Wildman–Crippen LogP) is 0.953. The van der Waals surface area contributed by atoms with Crippen molar-refractivity contribution < 1.29 is 0 Å². The number of H-pyrrole nitrogens is 1. The zero-order chi connectivity index (χ0) is 13.4. The lowest BCUT2D eigenvalue weighted by Gasteiger charge is -2.11. The molecule has 1 atom stereocenters. The van der Waals surface area contributed by atoms with E-state index in [-0.39, 0.29) is 11.2 Å². The second-order valence-electron chi connectivity index (χ2n) is 4.87. The molecule has 0 amide bonds. The number of hydrogen-bond donors (Lipinski definition) is 2. The summed E-state index contributed by atoms with van der Waals surface area (Å²) in [5.74, 6) is 0.318. The topological polar surface area (TPSA) is 66.9 Å². The van der Waals surface area contributed by atoms with E-state index in [0.717, 1.165) is 19.5 Å². The number of rotatable bonds is 2. The average molecular weight is 280 g/mol. The van der Waals surface area contributed by atoms with Crippen LogP contribution in [0.3, 0.4) is 0 Å². The van der Waals surface area contributed by atoms with Gasteiger partial charge in [-0.3, -0.25) is 9.36 Å². The van der Waals surface area contributed by atoms with Gasteiger partial charge >= 0.3 is 5.69 Å². The molecule has 0 radical (unpaired) electrons. The molecular formula is C13H14ClN3O2. The molecule has 2 N–H and O–H groups in total. The summed E-state index contributed by atoms with van der Waals surface area (Å²) in [6, 6.07) is 5.06. The van der Waals surface area contributed by atoms with Gasteiger partial charge in [0.15, 0.2) is 0 Å². The Hall–Kier alpha value is -1.59. The SMILES string of the molecule is O=c1[nH]c2cccc(Cl)c2c(=O)n1CC1CCNC1. The fourth-order valence-electron chi connectivity index (χ4n) is 2.55. The largest absolute Gasteiger partial charge is 0.328 e. The smallest absolute Gasteiger partial charge is 0.316 e. The highest BCUT2D eigenvalue weighted by Crippen LogP contribution is 2.17. The molecule has 3 rings (SSSR count). The van der Waals surface area contributed by atoms with Crippen LogP contribution >= 0.6 is 11.6 Å². The maximum absolute atomic E-state index is 12.4. The summed E-state index contributed by atoms with van der Waals surface area (Å²) in [6.07, 6.45) is 0.979. The van der Waals surface area contributed by atoms with E-state index in [2.05, 4.69) is 10.3 Å². The summed E-state index contributed by atoms with van der Waals surface area (Å²) in [5.41, 5.74) is -0.189. The van der Waals surface area contributed by atoms with Crippen molar-refractivity contribution in [3.63, 3.8) is 0 Å². The Morgan fingerprint density at radius 3 is 2.95 bits per heavy atom. The number of nitrogens with one attached hydrogen (secondary N) is 2. The Balaban J connectivity index is 2.16. The zero-order valence-corrected chi connectivity index (χ0v) is 11.0. The molecule has 19 heavy (non-hydrogen) atoms. The van der Waals surface area contributed by atoms with E-state index in [1.165, 1.54) is 4.57 Å². The van der Waals surface area contributed by atoms with E-state index in [1.54, 1.807) is 18.2 Å². The van der Waals surface area contributed by atoms with Crippen LogP contribution < -0.4 is 16.6 Å². The number of fused-ring (bicyclic) bond motifs is 1. The monoisotopic (exact) mass is 279 g/mol.